The normalized spacial score (nSPS) is 13.6. The summed E-state index contributed by atoms with van der Waals surface area (Å²) in [5.41, 5.74) is 2.74. The van der Waals surface area contributed by atoms with Gasteiger partial charge in [0, 0.05) is 28.1 Å². The van der Waals surface area contributed by atoms with E-state index in [4.69, 9.17) is 0 Å². The van der Waals surface area contributed by atoms with Crippen molar-refractivity contribution < 1.29 is 0 Å². The SMILES string of the molecule is CCc1cc2c(s1)-c1cccnc1NCC2. The number of aryl methyl sites for hydroxylation is 1. The molecule has 1 N–H and O–H groups in total. The Balaban J connectivity index is 2.20. The number of nitrogens with one attached hydrogen (secondary N) is 1. The number of hydrogen-bond acceptors (Lipinski definition) is 3. The van der Waals surface area contributed by atoms with E-state index in [9.17, 15) is 0 Å². The molecule has 0 unspecified atom stereocenters. The molecule has 0 bridgehead atoms. The summed E-state index contributed by atoms with van der Waals surface area (Å²) in [5, 5.41) is 3.39. The number of fused-ring (bicyclic) bond motifs is 3. The molecule has 0 atom stereocenters. The Kier molecular flexibility index (Phi) is 2.40. The zero-order valence-corrected chi connectivity index (χ0v) is 10.1. The minimum atomic E-state index is 0.983. The first-order chi connectivity index (χ1) is 7.88. The Labute approximate surface area is 99.4 Å². The van der Waals surface area contributed by atoms with Gasteiger partial charge in [-0.2, -0.15) is 0 Å². The van der Waals surface area contributed by atoms with Gasteiger partial charge in [0.2, 0.25) is 0 Å². The third-order valence-corrected chi connectivity index (χ3v) is 4.30. The summed E-state index contributed by atoms with van der Waals surface area (Å²) in [6, 6.07) is 6.53. The molecule has 3 rings (SSSR count). The average Bonchev–Trinajstić information content (AvgIpc) is 2.66. The van der Waals surface area contributed by atoms with E-state index in [0.29, 0.717) is 0 Å². The van der Waals surface area contributed by atoms with Crippen LogP contribution in [0.3, 0.4) is 0 Å². The van der Waals surface area contributed by atoms with Crippen LogP contribution >= 0.6 is 11.3 Å². The van der Waals surface area contributed by atoms with Gasteiger partial charge in [0.1, 0.15) is 5.82 Å². The highest BCUT2D eigenvalue weighted by Crippen LogP contribution is 2.38. The maximum Gasteiger partial charge on any atom is 0.134 e. The molecule has 82 valence electrons. The van der Waals surface area contributed by atoms with E-state index in [1.165, 1.54) is 20.9 Å². The maximum atomic E-state index is 4.41. The highest BCUT2D eigenvalue weighted by molar-refractivity contribution is 7.15. The fourth-order valence-corrected chi connectivity index (χ4v) is 3.29. The molecule has 3 heterocycles. The van der Waals surface area contributed by atoms with Crippen LogP contribution in [0.1, 0.15) is 17.4 Å². The quantitative estimate of drug-likeness (QED) is 0.812. The van der Waals surface area contributed by atoms with Crippen molar-refractivity contribution in [1.29, 1.82) is 0 Å². The van der Waals surface area contributed by atoms with Crippen LogP contribution in [0.5, 0.6) is 0 Å². The van der Waals surface area contributed by atoms with Gasteiger partial charge < -0.3 is 5.32 Å². The van der Waals surface area contributed by atoms with Crippen LogP contribution in [0, 0.1) is 0 Å². The number of anilines is 1. The minimum Gasteiger partial charge on any atom is -0.369 e. The van der Waals surface area contributed by atoms with Gasteiger partial charge in [-0.25, -0.2) is 4.98 Å². The van der Waals surface area contributed by atoms with Crippen LogP contribution in [-0.2, 0) is 12.8 Å². The smallest absolute Gasteiger partial charge is 0.134 e. The monoisotopic (exact) mass is 230 g/mol. The number of aromatic nitrogens is 1. The van der Waals surface area contributed by atoms with Gasteiger partial charge in [0.25, 0.3) is 0 Å². The van der Waals surface area contributed by atoms with Crippen LogP contribution in [0.25, 0.3) is 10.4 Å². The zero-order chi connectivity index (χ0) is 11.0. The molecule has 0 radical (unpaired) electrons. The second-order valence-electron chi connectivity index (χ2n) is 4.00. The summed E-state index contributed by atoms with van der Waals surface area (Å²) in [5.74, 6) is 1.03. The van der Waals surface area contributed by atoms with E-state index < -0.39 is 0 Å². The highest BCUT2D eigenvalue weighted by atomic mass is 32.1. The van der Waals surface area contributed by atoms with Crippen molar-refractivity contribution in [2.45, 2.75) is 19.8 Å². The van der Waals surface area contributed by atoms with Crippen molar-refractivity contribution in [2.75, 3.05) is 11.9 Å². The second-order valence-corrected chi connectivity index (χ2v) is 5.13. The molecule has 0 saturated carbocycles. The van der Waals surface area contributed by atoms with Crippen LogP contribution in [-0.4, -0.2) is 11.5 Å². The second kappa shape index (κ2) is 3.91. The third-order valence-electron chi connectivity index (χ3n) is 2.95. The Hall–Kier alpha value is -1.35. The average molecular weight is 230 g/mol. The highest BCUT2D eigenvalue weighted by Gasteiger charge is 2.17. The first-order valence-electron chi connectivity index (χ1n) is 5.69. The van der Waals surface area contributed by atoms with Crippen LogP contribution in [0.2, 0.25) is 0 Å². The lowest BCUT2D eigenvalue weighted by Gasteiger charge is -2.04. The molecule has 1 aliphatic heterocycles. The number of thiophene rings is 1. The van der Waals surface area contributed by atoms with Crippen molar-refractivity contribution in [3.63, 3.8) is 0 Å². The zero-order valence-electron chi connectivity index (χ0n) is 9.29. The third kappa shape index (κ3) is 1.52. The number of nitrogens with zero attached hydrogens (tertiary/aromatic N) is 1. The van der Waals surface area contributed by atoms with Crippen LogP contribution in [0.15, 0.2) is 24.4 Å². The van der Waals surface area contributed by atoms with E-state index >= 15 is 0 Å². The summed E-state index contributed by atoms with van der Waals surface area (Å²) >= 11 is 1.91. The molecule has 0 saturated heterocycles. The summed E-state index contributed by atoms with van der Waals surface area (Å²) in [6.45, 7) is 3.20. The largest absolute Gasteiger partial charge is 0.369 e. The molecule has 0 aliphatic carbocycles. The Morgan fingerprint density at radius 2 is 2.44 bits per heavy atom. The van der Waals surface area contributed by atoms with Gasteiger partial charge in [-0.1, -0.05) is 6.92 Å². The number of hydrogen-bond donors (Lipinski definition) is 1. The first-order valence-corrected chi connectivity index (χ1v) is 6.51. The summed E-state index contributed by atoms with van der Waals surface area (Å²) in [4.78, 5) is 7.29. The van der Waals surface area contributed by atoms with Gasteiger partial charge in [0.05, 0.1) is 0 Å². The predicted octanol–water partition coefficient (Wildman–Crippen LogP) is 3.34. The molecule has 3 heteroatoms. The molecular weight excluding hydrogens is 216 g/mol. The standard InChI is InChI=1S/C13H14N2S/c1-2-10-8-9-5-7-15-13-11(12(9)16-10)4-3-6-14-13/h3-4,6,8H,2,5,7H2,1H3,(H,14,15). The van der Waals surface area contributed by atoms with E-state index in [1.807, 2.05) is 23.6 Å². The molecule has 0 aromatic carbocycles. The topological polar surface area (TPSA) is 24.9 Å². The number of pyridine rings is 1. The van der Waals surface area contributed by atoms with Gasteiger partial charge in [0.15, 0.2) is 0 Å². The Bertz CT molecular complexity index is 516. The van der Waals surface area contributed by atoms with Crippen molar-refractivity contribution in [1.82, 2.24) is 4.98 Å². The fourth-order valence-electron chi connectivity index (χ4n) is 2.12. The lowest BCUT2D eigenvalue weighted by atomic mass is 10.1. The maximum absolute atomic E-state index is 4.41. The lowest BCUT2D eigenvalue weighted by molar-refractivity contribution is 1.02. The predicted molar refractivity (Wildman–Crippen MR) is 69.1 cm³/mol. The Morgan fingerprint density at radius 1 is 1.50 bits per heavy atom. The van der Waals surface area contributed by atoms with E-state index in [2.05, 4.69) is 29.4 Å². The van der Waals surface area contributed by atoms with E-state index in [0.717, 1.165) is 25.2 Å². The molecular formula is C13H14N2S. The van der Waals surface area contributed by atoms with Crippen LogP contribution < -0.4 is 5.32 Å². The molecule has 2 aromatic heterocycles. The summed E-state index contributed by atoms with van der Waals surface area (Å²) in [6.07, 6.45) is 4.08. The first kappa shape index (κ1) is 9.85. The molecule has 16 heavy (non-hydrogen) atoms. The lowest BCUT2D eigenvalue weighted by Crippen LogP contribution is -2.03. The fraction of sp³-hybridized carbons (Fsp3) is 0.308. The molecule has 0 fully saturated rings. The van der Waals surface area contributed by atoms with E-state index in [1.54, 1.807) is 0 Å². The number of rotatable bonds is 1. The minimum absolute atomic E-state index is 0.983. The molecule has 0 spiro atoms. The van der Waals surface area contributed by atoms with Gasteiger partial charge >= 0.3 is 0 Å². The summed E-state index contributed by atoms with van der Waals surface area (Å²) < 4.78 is 0. The van der Waals surface area contributed by atoms with Crippen LogP contribution in [0.4, 0.5) is 5.82 Å². The van der Waals surface area contributed by atoms with Crippen molar-refractivity contribution in [3.05, 3.63) is 34.8 Å². The summed E-state index contributed by atoms with van der Waals surface area (Å²) in [7, 11) is 0. The van der Waals surface area contributed by atoms with E-state index in [-0.39, 0.29) is 0 Å². The van der Waals surface area contributed by atoms with Crippen molar-refractivity contribution >= 4 is 17.2 Å². The molecule has 1 aliphatic rings. The molecule has 2 nitrogen and oxygen atoms in total. The van der Waals surface area contributed by atoms with Gasteiger partial charge in [-0.05, 0) is 36.6 Å². The molecule has 0 amide bonds. The van der Waals surface area contributed by atoms with Crippen molar-refractivity contribution in [2.24, 2.45) is 0 Å². The van der Waals surface area contributed by atoms with Gasteiger partial charge in [-0.15, -0.1) is 11.3 Å². The molecule has 2 aromatic rings. The Morgan fingerprint density at radius 3 is 3.31 bits per heavy atom. The van der Waals surface area contributed by atoms with Gasteiger partial charge in [-0.3, -0.25) is 0 Å². The van der Waals surface area contributed by atoms with Crippen molar-refractivity contribution in [3.8, 4) is 10.4 Å².